The Morgan fingerprint density at radius 3 is 2.75 bits per heavy atom. The molecular weight excluding hydrogens is 256 g/mol. The quantitative estimate of drug-likeness (QED) is 0.788. The number of aromatic carboxylic acids is 1. The number of hydrogen-bond donors (Lipinski definition) is 1. The molecule has 1 aromatic carbocycles. The topological polar surface area (TPSA) is 64.4 Å². The van der Waals surface area contributed by atoms with Gasteiger partial charge in [-0.25, -0.2) is 9.78 Å². The predicted octanol–water partition coefficient (Wildman–Crippen LogP) is 2.61. The van der Waals surface area contributed by atoms with E-state index in [9.17, 15) is 4.79 Å². The number of hydrogen-bond acceptors (Lipinski definition) is 3. The molecule has 0 aliphatic rings. The Balaban J connectivity index is 1.77. The van der Waals surface area contributed by atoms with Crippen LogP contribution >= 0.6 is 0 Å². The highest BCUT2D eigenvalue weighted by Crippen LogP contribution is 2.12. The molecule has 2 rings (SSSR count). The van der Waals surface area contributed by atoms with Gasteiger partial charge in [-0.15, -0.1) is 0 Å². The zero-order valence-corrected chi connectivity index (χ0v) is 11.5. The number of rotatable bonds is 7. The maximum atomic E-state index is 10.7. The largest absolute Gasteiger partial charge is 0.494 e. The van der Waals surface area contributed by atoms with Crippen molar-refractivity contribution in [2.45, 2.75) is 26.3 Å². The van der Waals surface area contributed by atoms with E-state index in [4.69, 9.17) is 9.84 Å². The monoisotopic (exact) mass is 274 g/mol. The molecule has 0 saturated carbocycles. The normalized spacial score (nSPS) is 10.4. The zero-order chi connectivity index (χ0) is 14.4. The molecule has 1 aromatic heterocycles. The van der Waals surface area contributed by atoms with Crippen LogP contribution in [0.5, 0.6) is 5.75 Å². The number of carboxylic acids is 1. The second-order valence-corrected chi connectivity index (χ2v) is 4.42. The van der Waals surface area contributed by atoms with Crippen LogP contribution in [0.4, 0.5) is 0 Å². The van der Waals surface area contributed by atoms with Crippen molar-refractivity contribution in [1.29, 1.82) is 0 Å². The first kappa shape index (κ1) is 14.1. The van der Waals surface area contributed by atoms with Gasteiger partial charge in [-0.2, -0.15) is 0 Å². The molecule has 20 heavy (non-hydrogen) atoms. The van der Waals surface area contributed by atoms with Crippen molar-refractivity contribution in [3.63, 3.8) is 0 Å². The van der Waals surface area contributed by atoms with Crippen molar-refractivity contribution in [3.8, 4) is 5.75 Å². The molecule has 0 bridgehead atoms. The van der Waals surface area contributed by atoms with Gasteiger partial charge < -0.3 is 14.4 Å². The molecule has 0 saturated heterocycles. The molecule has 0 aliphatic carbocycles. The fourth-order valence-electron chi connectivity index (χ4n) is 1.98. The first-order valence-electron chi connectivity index (χ1n) is 6.67. The van der Waals surface area contributed by atoms with Crippen LogP contribution in [0.25, 0.3) is 0 Å². The second kappa shape index (κ2) is 6.75. The van der Waals surface area contributed by atoms with Crippen LogP contribution in [0.3, 0.4) is 0 Å². The van der Waals surface area contributed by atoms with Crippen molar-refractivity contribution in [3.05, 3.63) is 48.0 Å². The van der Waals surface area contributed by atoms with Gasteiger partial charge in [-0.1, -0.05) is 6.92 Å². The Hall–Kier alpha value is -2.30. The highest BCUT2D eigenvalue weighted by atomic mass is 16.5. The van der Waals surface area contributed by atoms with Crippen LogP contribution in [0.1, 0.15) is 29.5 Å². The lowest BCUT2D eigenvalue weighted by Crippen LogP contribution is -2.06. The minimum Gasteiger partial charge on any atom is -0.494 e. The molecule has 106 valence electrons. The molecule has 5 nitrogen and oxygen atoms in total. The van der Waals surface area contributed by atoms with Gasteiger partial charge in [0.15, 0.2) is 0 Å². The molecule has 0 radical (unpaired) electrons. The number of benzene rings is 1. The van der Waals surface area contributed by atoms with E-state index in [1.807, 2.05) is 12.4 Å². The molecule has 1 N–H and O–H groups in total. The number of nitrogens with zero attached hydrogens (tertiary/aromatic N) is 2. The standard InChI is InChI=1S/C15H18N2O3/c1-2-14-16-8-10-17(14)9-3-11-20-13-6-4-12(5-7-13)15(18)19/h4-8,10H,2-3,9,11H2,1H3,(H,18,19). The summed E-state index contributed by atoms with van der Waals surface area (Å²) in [6.07, 6.45) is 5.58. The van der Waals surface area contributed by atoms with E-state index >= 15 is 0 Å². The third-order valence-corrected chi connectivity index (χ3v) is 3.03. The van der Waals surface area contributed by atoms with Gasteiger partial charge >= 0.3 is 5.97 Å². The summed E-state index contributed by atoms with van der Waals surface area (Å²) in [7, 11) is 0. The fraction of sp³-hybridized carbons (Fsp3) is 0.333. The minimum absolute atomic E-state index is 0.267. The van der Waals surface area contributed by atoms with Gasteiger partial charge in [0.1, 0.15) is 11.6 Å². The molecule has 0 amide bonds. The Morgan fingerprint density at radius 1 is 1.35 bits per heavy atom. The number of aromatic nitrogens is 2. The first-order chi connectivity index (χ1) is 9.70. The minimum atomic E-state index is -0.927. The van der Waals surface area contributed by atoms with Crippen LogP contribution < -0.4 is 4.74 Å². The van der Waals surface area contributed by atoms with Crippen LogP contribution in [-0.2, 0) is 13.0 Å². The van der Waals surface area contributed by atoms with Crippen molar-refractivity contribution >= 4 is 5.97 Å². The van der Waals surface area contributed by atoms with E-state index < -0.39 is 5.97 Å². The van der Waals surface area contributed by atoms with Crippen molar-refractivity contribution in [2.75, 3.05) is 6.61 Å². The summed E-state index contributed by atoms with van der Waals surface area (Å²) in [5.74, 6) is 0.843. The third-order valence-electron chi connectivity index (χ3n) is 3.03. The summed E-state index contributed by atoms with van der Waals surface area (Å²) in [5.41, 5.74) is 0.267. The molecule has 0 atom stereocenters. The zero-order valence-electron chi connectivity index (χ0n) is 11.5. The molecule has 0 unspecified atom stereocenters. The molecule has 0 aliphatic heterocycles. The lowest BCUT2D eigenvalue weighted by Gasteiger charge is -2.08. The Labute approximate surface area is 117 Å². The lowest BCUT2D eigenvalue weighted by atomic mass is 10.2. The average molecular weight is 274 g/mol. The summed E-state index contributed by atoms with van der Waals surface area (Å²) in [5, 5.41) is 8.80. The summed E-state index contributed by atoms with van der Waals surface area (Å²) in [6.45, 7) is 3.55. The van der Waals surface area contributed by atoms with Gasteiger partial charge in [0, 0.05) is 25.4 Å². The van der Waals surface area contributed by atoms with Crippen molar-refractivity contribution in [1.82, 2.24) is 9.55 Å². The van der Waals surface area contributed by atoms with Gasteiger partial charge in [-0.05, 0) is 30.7 Å². The van der Waals surface area contributed by atoms with Crippen molar-refractivity contribution in [2.24, 2.45) is 0 Å². The van der Waals surface area contributed by atoms with E-state index in [1.54, 1.807) is 24.3 Å². The summed E-state index contributed by atoms with van der Waals surface area (Å²) in [6, 6.07) is 6.45. The van der Waals surface area contributed by atoms with E-state index in [0.29, 0.717) is 12.4 Å². The van der Waals surface area contributed by atoms with E-state index in [-0.39, 0.29) is 5.56 Å². The molecule has 5 heteroatoms. The Kier molecular flexibility index (Phi) is 4.76. The van der Waals surface area contributed by atoms with E-state index in [2.05, 4.69) is 16.5 Å². The number of carbonyl (C=O) groups is 1. The van der Waals surface area contributed by atoms with Crippen molar-refractivity contribution < 1.29 is 14.6 Å². The Morgan fingerprint density at radius 2 is 2.10 bits per heavy atom. The number of ether oxygens (including phenoxy) is 1. The van der Waals surface area contributed by atoms with Gasteiger partial charge in [0.25, 0.3) is 0 Å². The van der Waals surface area contributed by atoms with Gasteiger partial charge in [0.2, 0.25) is 0 Å². The van der Waals surface area contributed by atoms with Crippen LogP contribution in [0.2, 0.25) is 0 Å². The molecule has 1 heterocycles. The maximum Gasteiger partial charge on any atom is 0.335 e. The van der Waals surface area contributed by atoms with E-state index in [0.717, 1.165) is 25.2 Å². The SMILES string of the molecule is CCc1nccn1CCCOc1ccc(C(=O)O)cc1. The van der Waals surface area contributed by atoms with Gasteiger partial charge in [-0.3, -0.25) is 0 Å². The van der Waals surface area contributed by atoms with Crippen LogP contribution in [0.15, 0.2) is 36.7 Å². The Bertz CT molecular complexity index is 561. The number of carboxylic acid groups (broad SMARTS) is 1. The molecular formula is C15H18N2O3. The molecule has 0 spiro atoms. The highest BCUT2D eigenvalue weighted by molar-refractivity contribution is 5.87. The summed E-state index contributed by atoms with van der Waals surface area (Å²) in [4.78, 5) is 15.0. The highest BCUT2D eigenvalue weighted by Gasteiger charge is 2.03. The summed E-state index contributed by atoms with van der Waals surface area (Å²) >= 11 is 0. The van der Waals surface area contributed by atoms with Gasteiger partial charge in [0.05, 0.1) is 12.2 Å². The van der Waals surface area contributed by atoms with Crippen LogP contribution in [0, 0.1) is 0 Å². The first-order valence-corrected chi connectivity index (χ1v) is 6.67. The second-order valence-electron chi connectivity index (χ2n) is 4.42. The number of imidazole rings is 1. The molecule has 0 fully saturated rings. The lowest BCUT2D eigenvalue weighted by molar-refractivity contribution is 0.0697. The third kappa shape index (κ3) is 3.60. The summed E-state index contributed by atoms with van der Waals surface area (Å²) < 4.78 is 7.71. The van der Waals surface area contributed by atoms with Crippen LogP contribution in [-0.4, -0.2) is 27.2 Å². The average Bonchev–Trinajstić information content (AvgIpc) is 2.91. The smallest absolute Gasteiger partial charge is 0.335 e. The maximum absolute atomic E-state index is 10.7. The van der Waals surface area contributed by atoms with E-state index in [1.165, 1.54) is 0 Å². The molecule has 2 aromatic rings. The fourth-order valence-corrected chi connectivity index (χ4v) is 1.98. The number of aryl methyl sites for hydroxylation is 2. The predicted molar refractivity (Wildman–Crippen MR) is 75.1 cm³/mol.